The van der Waals surface area contributed by atoms with Gasteiger partial charge in [-0.15, -0.1) is 0 Å². The van der Waals surface area contributed by atoms with Gasteiger partial charge in [0.1, 0.15) is 11.8 Å². The molecule has 0 radical (unpaired) electrons. The number of anilines is 2. The standard InChI is InChI=1S/C33H34N4O4/c1-40-30-11-5-10-27(22-30)32(33(39)35-28-12-14-29(15-13-28)36-17-19-41-20-18-36)37(24-26-9-6-16-34-23-26)31(38)21-25-7-3-2-4-8-25/h2-16,22-23,32H,17-21,24H2,1H3,(H,35,39). The third kappa shape index (κ3) is 7.29. The molecule has 2 heterocycles. The molecule has 0 bridgehead atoms. The fraction of sp³-hybridized carbons (Fsp3) is 0.242. The van der Waals surface area contributed by atoms with E-state index in [0.717, 1.165) is 29.9 Å². The lowest BCUT2D eigenvalue weighted by Crippen LogP contribution is -2.41. The maximum absolute atomic E-state index is 14.1. The smallest absolute Gasteiger partial charge is 0.251 e. The normalized spacial score (nSPS) is 13.7. The predicted molar refractivity (Wildman–Crippen MR) is 159 cm³/mol. The van der Waals surface area contributed by atoms with Gasteiger partial charge in [-0.2, -0.15) is 0 Å². The number of benzene rings is 3. The number of carbonyl (C=O) groups excluding carboxylic acids is 2. The Kier molecular flexibility index (Phi) is 9.23. The first-order valence-electron chi connectivity index (χ1n) is 13.7. The number of morpholine rings is 1. The second kappa shape index (κ2) is 13.6. The zero-order chi connectivity index (χ0) is 28.4. The van der Waals surface area contributed by atoms with Crippen molar-refractivity contribution >= 4 is 23.2 Å². The number of amides is 2. The molecule has 41 heavy (non-hydrogen) atoms. The molecule has 2 amide bonds. The third-order valence-corrected chi connectivity index (χ3v) is 7.07. The van der Waals surface area contributed by atoms with Crippen molar-refractivity contribution in [2.75, 3.05) is 43.6 Å². The molecule has 8 nitrogen and oxygen atoms in total. The highest BCUT2D eigenvalue weighted by Crippen LogP contribution is 2.29. The lowest BCUT2D eigenvalue weighted by atomic mass is 10.0. The zero-order valence-electron chi connectivity index (χ0n) is 23.1. The predicted octanol–water partition coefficient (Wildman–Crippen LogP) is 4.88. The lowest BCUT2D eigenvalue weighted by molar-refractivity contribution is -0.139. The van der Waals surface area contributed by atoms with Crippen molar-refractivity contribution in [2.45, 2.75) is 19.0 Å². The van der Waals surface area contributed by atoms with E-state index >= 15 is 0 Å². The van der Waals surface area contributed by atoms with E-state index < -0.39 is 6.04 Å². The fourth-order valence-electron chi connectivity index (χ4n) is 4.96. The molecule has 0 spiro atoms. The minimum Gasteiger partial charge on any atom is -0.497 e. The molecule has 0 aliphatic carbocycles. The SMILES string of the molecule is COc1cccc(C(C(=O)Nc2ccc(N3CCOCC3)cc2)N(Cc2cccnc2)C(=O)Cc2ccccc2)c1. The maximum atomic E-state index is 14.1. The highest BCUT2D eigenvalue weighted by atomic mass is 16.5. The van der Waals surface area contributed by atoms with Crippen LogP contribution in [0.25, 0.3) is 0 Å². The van der Waals surface area contributed by atoms with Crippen molar-refractivity contribution in [2.24, 2.45) is 0 Å². The second-order valence-corrected chi connectivity index (χ2v) is 9.86. The van der Waals surface area contributed by atoms with Crippen LogP contribution in [0, 0.1) is 0 Å². The molecule has 0 saturated carbocycles. The molecular formula is C33H34N4O4. The van der Waals surface area contributed by atoms with Gasteiger partial charge in [0.25, 0.3) is 5.91 Å². The molecule has 210 valence electrons. The monoisotopic (exact) mass is 550 g/mol. The number of rotatable bonds is 10. The Morgan fingerprint density at radius 2 is 1.71 bits per heavy atom. The Morgan fingerprint density at radius 3 is 2.41 bits per heavy atom. The lowest BCUT2D eigenvalue weighted by Gasteiger charge is -2.32. The van der Waals surface area contributed by atoms with Crippen LogP contribution in [-0.2, 0) is 27.3 Å². The summed E-state index contributed by atoms with van der Waals surface area (Å²) < 4.78 is 10.9. The summed E-state index contributed by atoms with van der Waals surface area (Å²) in [6.07, 6.45) is 3.56. The summed E-state index contributed by atoms with van der Waals surface area (Å²) in [6, 6.07) is 27.4. The van der Waals surface area contributed by atoms with Gasteiger partial charge in [0.2, 0.25) is 5.91 Å². The van der Waals surface area contributed by atoms with Crippen LogP contribution in [0.3, 0.4) is 0 Å². The van der Waals surface area contributed by atoms with Gasteiger partial charge in [0.05, 0.1) is 26.7 Å². The number of nitrogens with zero attached hydrogens (tertiary/aromatic N) is 3. The van der Waals surface area contributed by atoms with E-state index in [-0.39, 0.29) is 24.8 Å². The van der Waals surface area contributed by atoms with E-state index in [1.807, 2.05) is 84.9 Å². The summed E-state index contributed by atoms with van der Waals surface area (Å²) in [6.45, 7) is 3.27. The van der Waals surface area contributed by atoms with E-state index in [2.05, 4.69) is 15.2 Å². The van der Waals surface area contributed by atoms with E-state index in [1.54, 1.807) is 30.5 Å². The third-order valence-electron chi connectivity index (χ3n) is 7.07. The van der Waals surface area contributed by atoms with Crippen LogP contribution in [0.5, 0.6) is 5.75 Å². The molecule has 4 aromatic rings. The van der Waals surface area contributed by atoms with Crippen LogP contribution in [-0.4, -0.2) is 55.1 Å². The maximum Gasteiger partial charge on any atom is 0.251 e. The van der Waals surface area contributed by atoms with E-state index in [4.69, 9.17) is 9.47 Å². The van der Waals surface area contributed by atoms with Gasteiger partial charge in [-0.05, 0) is 59.2 Å². The highest BCUT2D eigenvalue weighted by molar-refractivity contribution is 5.98. The van der Waals surface area contributed by atoms with Gasteiger partial charge in [-0.3, -0.25) is 14.6 Å². The number of aromatic nitrogens is 1. The number of pyridine rings is 1. The molecule has 1 unspecified atom stereocenters. The van der Waals surface area contributed by atoms with Crippen molar-refractivity contribution < 1.29 is 19.1 Å². The molecule has 5 rings (SSSR count). The first kappa shape index (κ1) is 27.9. The molecule has 1 fully saturated rings. The minimum atomic E-state index is -0.916. The number of carbonyl (C=O) groups is 2. The van der Waals surface area contributed by atoms with Gasteiger partial charge in [-0.25, -0.2) is 0 Å². The number of hydrogen-bond donors (Lipinski definition) is 1. The van der Waals surface area contributed by atoms with Gasteiger partial charge in [-0.1, -0.05) is 48.5 Å². The number of hydrogen-bond acceptors (Lipinski definition) is 6. The molecule has 1 aliphatic rings. The average Bonchev–Trinajstić information content (AvgIpc) is 3.02. The number of ether oxygens (including phenoxy) is 2. The van der Waals surface area contributed by atoms with E-state index in [0.29, 0.717) is 30.2 Å². The summed E-state index contributed by atoms with van der Waals surface area (Å²) in [7, 11) is 1.58. The fourth-order valence-corrected chi connectivity index (χ4v) is 4.96. The Bertz CT molecular complexity index is 1420. The topological polar surface area (TPSA) is 84.0 Å². The van der Waals surface area contributed by atoms with Gasteiger partial charge >= 0.3 is 0 Å². The van der Waals surface area contributed by atoms with Gasteiger partial charge in [0.15, 0.2) is 0 Å². The van der Waals surface area contributed by atoms with Gasteiger partial charge < -0.3 is 24.6 Å². The zero-order valence-corrected chi connectivity index (χ0v) is 23.1. The largest absolute Gasteiger partial charge is 0.497 e. The second-order valence-electron chi connectivity index (χ2n) is 9.86. The van der Waals surface area contributed by atoms with Crippen molar-refractivity contribution in [3.05, 3.63) is 120 Å². The van der Waals surface area contributed by atoms with Crippen molar-refractivity contribution in [1.82, 2.24) is 9.88 Å². The number of nitrogens with one attached hydrogen (secondary N) is 1. The molecule has 1 atom stereocenters. The van der Waals surface area contributed by atoms with Crippen LogP contribution in [0.1, 0.15) is 22.7 Å². The molecule has 1 N–H and O–H groups in total. The Hall–Kier alpha value is -4.69. The highest BCUT2D eigenvalue weighted by Gasteiger charge is 2.32. The minimum absolute atomic E-state index is 0.156. The molecule has 1 aromatic heterocycles. The number of methoxy groups -OCH3 is 1. The average molecular weight is 551 g/mol. The van der Waals surface area contributed by atoms with Crippen molar-refractivity contribution in [3.8, 4) is 5.75 Å². The summed E-state index contributed by atoms with van der Waals surface area (Å²) in [4.78, 5) is 36.1. The molecule has 1 saturated heterocycles. The van der Waals surface area contributed by atoms with Crippen LogP contribution in [0.4, 0.5) is 11.4 Å². The van der Waals surface area contributed by atoms with Gasteiger partial charge in [0, 0.05) is 43.4 Å². The quantitative estimate of drug-likeness (QED) is 0.303. The van der Waals surface area contributed by atoms with Crippen LogP contribution >= 0.6 is 0 Å². The van der Waals surface area contributed by atoms with E-state index in [1.165, 1.54) is 0 Å². The summed E-state index contributed by atoms with van der Waals surface area (Å²) in [5.74, 6) is 0.111. The molecule has 1 aliphatic heterocycles. The Labute approximate surface area is 240 Å². The Morgan fingerprint density at radius 1 is 0.951 bits per heavy atom. The van der Waals surface area contributed by atoms with Crippen molar-refractivity contribution in [3.63, 3.8) is 0 Å². The van der Waals surface area contributed by atoms with Crippen LogP contribution < -0.4 is 15.0 Å². The Balaban J connectivity index is 1.47. The molecular weight excluding hydrogens is 516 g/mol. The van der Waals surface area contributed by atoms with Crippen LogP contribution in [0.15, 0.2) is 103 Å². The van der Waals surface area contributed by atoms with E-state index in [9.17, 15) is 9.59 Å². The first-order valence-corrected chi connectivity index (χ1v) is 13.7. The molecule has 8 heteroatoms. The summed E-state index contributed by atoms with van der Waals surface area (Å²) in [5, 5.41) is 3.06. The summed E-state index contributed by atoms with van der Waals surface area (Å²) in [5.41, 5.74) is 4.07. The molecule has 3 aromatic carbocycles. The first-order chi connectivity index (χ1) is 20.1. The summed E-state index contributed by atoms with van der Waals surface area (Å²) >= 11 is 0. The van der Waals surface area contributed by atoms with Crippen LogP contribution in [0.2, 0.25) is 0 Å². The van der Waals surface area contributed by atoms with Crippen molar-refractivity contribution in [1.29, 1.82) is 0 Å².